The van der Waals surface area contributed by atoms with Crippen LogP contribution >= 0.6 is 27.5 Å². The molecule has 0 saturated carbocycles. The summed E-state index contributed by atoms with van der Waals surface area (Å²) in [6.07, 6.45) is -0.378. The van der Waals surface area contributed by atoms with E-state index in [1.807, 2.05) is 5.43 Å². The Bertz CT molecular complexity index is 431. The maximum absolute atomic E-state index is 13.2. The summed E-state index contributed by atoms with van der Waals surface area (Å²) in [5.41, 5.74) is 1.98. The van der Waals surface area contributed by atoms with Gasteiger partial charge in [0.2, 0.25) is 0 Å². The lowest BCUT2D eigenvalue weighted by atomic mass is 10.2. The second-order valence-corrected chi connectivity index (χ2v) is 4.48. The van der Waals surface area contributed by atoms with E-state index in [9.17, 15) is 9.18 Å². The first-order chi connectivity index (χ1) is 7.99. The minimum absolute atomic E-state index is 0.0273. The molecule has 7 heteroatoms. The van der Waals surface area contributed by atoms with E-state index in [2.05, 4.69) is 15.9 Å². The van der Waals surface area contributed by atoms with Crippen molar-refractivity contribution in [2.45, 2.75) is 19.4 Å². The number of rotatable bonds is 4. The third kappa shape index (κ3) is 3.55. The fourth-order valence-corrected chi connectivity index (χ4v) is 1.90. The zero-order valence-electron chi connectivity index (χ0n) is 8.97. The van der Waals surface area contributed by atoms with Gasteiger partial charge in [-0.05, 0) is 28.4 Å². The number of amides is 1. The largest absolute Gasteiger partial charge is 0.479 e. The van der Waals surface area contributed by atoms with Crippen LogP contribution in [0.15, 0.2) is 16.6 Å². The Kier molecular flexibility index (Phi) is 5.17. The average molecular weight is 326 g/mol. The highest BCUT2D eigenvalue weighted by Gasteiger charge is 2.19. The third-order valence-electron chi connectivity index (χ3n) is 2.05. The quantitative estimate of drug-likeness (QED) is 0.387. The maximum atomic E-state index is 13.2. The van der Waals surface area contributed by atoms with Crippen molar-refractivity contribution < 1.29 is 13.9 Å². The van der Waals surface area contributed by atoms with Crippen LogP contribution in [0.2, 0.25) is 5.02 Å². The number of nitrogens with two attached hydrogens (primary N) is 1. The van der Waals surface area contributed by atoms with Crippen LogP contribution in [0.1, 0.15) is 13.3 Å². The molecule has 94 valence electrons. The molecule has 0 bridgehead atoms. The van der Waals surface area contributed by atoms with E-state index in [0.29, 0.717) is 10.9 Å². The van der Waals surface area contributed by atoms with E-state index >= 15 is 0 Å². The first-order valence-electron chi connectivity index (χ1n) is 4.81. The molecule has 0 aliphatic carbocycles. The van der Waals surface area contributed by atoms with Crippen molar-refractivity contribution in [1.82, 2.24) is 5.43 Å². The van der Waals surface area contributed by atoms with Crippen LogP contribution in [0.4, 0.5) is 4.39 Å². The number of nitrogens with one attached hydrogen (secondary N) is 1. The zero-order chi connectivity index (χ0) is 13.0. The summed E-state index contributed by atoms with van der Waals surface area (Å²) >= 11 is 8.76. The number of hydrazine groups is 1. The summed E-state index contributed by atoms with van der Waals surface area (Å²) < 4.78 is 19.0. The molecule has 0 aromatic heterocycles. The fourth-order valence-electron chi connectivity index (χ4n) is 1.16. The second-order valence-electron chi connectivity index (χ2n) is 3.22. The summed E-state index contributed by atoms with van der Waals surface area (Å²) in [4.78, 5) is 11.3. The normalized spacial score (nSPS) is 12.1. The van der Waals surface area contributed by atoms with Crippen LogP contribution in [-0.4, -0.2) is 12.0 Å². The van der Waals surface area contributed by atoms with E-state index in [0.717, 1.165) is 6.07 Å². The van der Waals surface area contributed by atoms with Gasteiger partial charge in [0.1, 0.15) is 11.6 Å². The van der Waals surface area contributed by atoms with Crippen molar-refractivity contribution in [3.8, 4) is 5.75 Å². The number of ether oxygens (including phenoxy) is 1. The molecule has 17 heavy (non-hydrogen) atoms. The molecular formula is C10H11BrClFN2O2. The fraction of sp³-hybridized carbons (Fsp3) is 0.300. The summed E-state index contributed by atoms with van der Waals surface area (Å²) in [7, 11) is 0. The molecule has 1 unspecified atom stereocenters. The summed E-state index contributed by atoms with van der Waals surface area (Å²) in [5, 5.41) is -0.0273. The molecule has 1 rings (SSSR count). The molecule has 0 radical (unpaired) electrons. The molecule has 0 aliphatic rings. The zero-order valence-corrected chi connectivity index (χ0v) is 11.3. The van der Waals surface area contributed by atoms with Crippen LogP contribution in [0, 0.1) is 5.82 Å². The minimum Gasteiger partial charge on any atom is -0.479 e. The average Bonchev–Trinajstić information content (AvgIpc) is 2.31. The van der Waals surface area contributed by atoms with Crippen molar-refractivity contribution in [3.63, 3.8) is 0 Å². The Morgan fingerprint density at radius 3 is 2.88 bits per heavy atom. The monoisotopic (exact) mass is 324 g/mol. The van der Waals surface area contributed by atoms with Crippen LogP contribution in [0.5, 0.6) is 5.75 Å². The molecule has 1 aromatic rings. The van der Waals surface area contributed by atoms with Crippen molar-refractivity contribution >= 4 is 33.4 Å². The molecule has 0 spiro atoms. The van der Waals surface area contributed by atoms with Crippen LogP contribution < -0.4 is 16.0 Å². The van der Waals surface area contributed by atoms with Gasteiger partial charge < -0.3 is 4.74 Å². The van der Waals surface area contributed by atoms with Gasteiger partial charge in [0.15, 0.2) is 6.10 Å². The van der Waals surface area contributed by atoms with Gasteiger partial charge in [0.05, 0.1) is 9.50 Å². The Morgan fingerprint density at radius 1 is 1.71 bits per heavy atom. The minimum atomic E-state index is -0.781. The van der Waals surface area contributed by atoms with Crippen LogP contribution in [-0.2, 0) is 4.79 Å². The molecule has 1 amide bonds. The predicted molar refractivity (Wildman–Crippen MR) is 66.1 cm³/mol. The van der Waals surface area contributed by atoms with Crippen molar-refractivity contribution in [1.29, 1.82) is 0 Å². The number of benzene rings is 1. The number of hydrogen-bond donors (Lipinski definition) is 2. The first kappa shape index (κ1) is 14.2. The van der Waals surface area contributed by atoms with Crippen molar-refractivity contribution in [2.75, 3.05) is 0 Å². The molecule has 0 aliphatic heterocycles. The summed E-state index contributed by atoms with van der Waals surface area (Å²) in [5.74, 6) is 4.11. The van der Waals surface area contributed by atoms with E-state index in [4.69, 9.17) is 22.2 Å². The van der Waals surface area contributed by atoms with Gasteiger partial charge in [-0.1, -0.05) is 18.5 Å². The molecule has 4 nitrogen and oxygen atoms in total. The lowest BCUT2D eigenvalue weighted by Gasteiger charge is -2.17. The Morgan fingerprint density at radius 2 is 2.35 bits per heavy atom. The maximum Gasteiger partial charge on any atom is 0.274 e. The summed E-state index contributed by atoms with van der Waals surface area (Å²) in [6, 6.07) is 2.47. The predicted octanol–water partition coefficient (Wildman–Crippen LogP) is 2.39. The first-order valence-corrected chi connectivity index (χ1v) is 5.98. The number of hydrogen-bond acceptors (Lipinski definition) is 3. The standard InChI is InChI=1S/C10H11BrClFN2O2/c1-2-8(10(16)15-14)17-9-4-7(13)6(12)3-5(9)11/h3-4,8H,2,14H2,1H3,(H,15,16). The van der Waals surface area contributed by atoms with E-state index < -0.39 is 17.8 Å². The third-order valence-corrected chi connectivity index (χ3v) is 2.96. The topological polar surface area (TPSA) is 64.3 Å². The number of halogens is 3. The molecule has 0 fully saturated rings. The SMILES string of the molecule is CCC(Oc1cc(F)c(Cl)cc1Br)C(=O)NN. The highest BCUT2D eigenvalue weighted by molar-refractivity contribution is 9.10. The van der Waals surface area contributed by atoms with Crippen molar-refractivity contribution in [2.24, 2.45) is 5.84 Å². The van der Waals surface area contributed by atoms with Gasteiger partial charge in [0, 0.05) is 6.07 Å². The molecule has 3 N–H and O–H groups in total. The molecular weight excluding hydrogens is 314 g/mol. The Labute approximate surface area is 111 Å². The summed E-state index contributed by atoms with van der Waals surface area (Å²) in [6.45, 7) is 1.75. The van der Waals surface area contributed by atoms with E-state index in [1.54, 1.807) is 6.92 Å². The molecule has 0 heterocycles. The Hall–Kier alpha value is -0.850. The highest BCUT2D eigenvalue weighted by Crippen LogP contribution is 2.31. The number of carbonyl (C=O) groups excluding carboxylic acids is 1. The van der Waals surface area contributed by atoms with Crippen molar-refractivity contribution in [3.05, 3.63) is 27.4 Å². The lowest BCUT2D eigenvalue weighted by molar-refractivity contribution is -0.128. The highest BCUT2D eigenvalue weighted by atomic mass is 79.9. The van der Waals surface area contributed by atoms with Gasteiger partial charge >= 0.3 is 0 Å². The Balaban J connectivity index is 2.94. The van der Waals surface area contributed by atoms with E-state index in [1.165, 1.54) is 6.07 Å². The smallest absolute Gasteiger partial charge is 0.274 e. The van der Waals surface area contributed by atoms with Crippen LogP contribution in [0.25, 0.3) is 0 Å². The van der Waals surface area contributed by atoms with Crippen LogP contribution in [0.3, 0.4) is 0 Å². The lowest BCUT2D eigenvalue weighted by Crippen LogP contribution is -2.41. The van der Waals surface area contributed by atoms with Gasteiger partial charge in [-0.3, -0.25) is 10.2 Å². The van der Waals surface area contributed by atoms with Gasteiger partial charge in [-0.2, -0.15) is 0 Å². The molecule has 0 saturated heterocycles. The van der Waals surface area contributed by atoms with Gasteiger partial charge in [-0.15, -0.1) is 0 Å². The van der Waals surface area contributed by atoms with Gasteiger partial charge in [-0.25, -0.2) is 10.2 Å². The molecule has 1 atom stereocenters. The molecule has 1 aromatic carbocycles. The van der Waals surface area contributed by atoms with E-state index in [-0.39, 0.29) is 10.8 Å². The second kappa shape index (κ2) is 6.18. The number of carbonyl (C=O) groups is 1. The van der Waals surface area contributed by atoms with Gasteiger partial charge in [0.25, 0.3) is 5.91 Å².